The Bertz CT molecular complexity index is 747. The highest BCUT2D eigenvalue weighted by atomic mass is 19.4. The molecular weight excluding hydrogens is 379 g/mol. The van der Waals surface area contributed by atoms with E-state index in [0.29, 0.717) is 12.8 Å². The first kappa shape index (κ1) is 20.8. The van der Waals surface area contributed by atoms with E-state index in [0.717, 1.165) is 7.11 Å². The number of carbonyl (C=O) groups excluding carboxylic acids is 2. The molecule has 6 nitrogen and oxygen atoms in total. The zero-order chi connectivity index (χ0) is 20.5. The van der Waals surface area contributed by atoms with E-state index in [1.54, 1.807) is 0 Å². The van der Waals surface area contributed by atoms with Gasteiger partial charge in [0.05, 0.1) is 19.4 Å². The number of carbonyl (C=O) groups is 2. The van der Waals surface area contributed by atoms with Gasteiger partial charge in [-0.15, -0.1) is 0 Å². The van der Waals surface area contributed by atoms with Crippen molar-refractivity contribution in [2.75, 3.05) is 25.7 Å². The molecule has 0 atom stereocenters. The fourth-order valence-corrected chi connectivity index (χ4v) is 2.65. The van der Waals surface area contributed by atoms with Gasteiger partial charge in [0, 0.05) is 13.1 Å². The maximum absolute atomic E-state index is 13.5. The summed E-state index contributed by atoms with van der Waals surface area (Å²) in [5, 5.41) is 0. The molecule has 0 spiro atoms. The molecular formula is C16H17F5N2O4. The van der Waals surface area contributed by atoms with E-state index in [9.17, 15) is 31.5 Å². The fourth-order valence-electron chi connectivity index (χ4n) is 2.65. The molecule has 1 aromatic heterocycles. The Morgan fingerprint density at radius 3 is 2.22 bits per heavy atom. The molecule has 27 heavy (non-hydrogen) atoms. The summed E-state index contributed by atoms with van der Waals surface area (Å²) in [6, 6.07) is -0.310. The number of hydrogen-bond donors (Lipinski definition) is 0. The van der Waals surface area contributed by atoms with Crippen molar-refractivity contribution in [3.8, 4) is 0 Å². The molecule has 11 heteroatoms. The molecule has 1 aliphatic rings. The molecule has 1 saturated carbocycles. The molecule has 1 aromatic rings. The molecule has 0 amide bonds. The molecule has 0 aliphatic heterocycles. The minimum Gasteiger partial charge on any atom is -0.465 e. The smallest absolute Gasteiger partial charge is 0.434 e. The molecule has 150 valence electrons. The molecule has 1 fully saturated rings. The third kappa shape index (κ3) is 4.11. The van der Waals surface area contributed by atoms with Crippen LogP contribution in [0.15, 0.2) is 0 Å². The van der Waals surface area contributed by atoms with Gasteiger partial charge in [0.2, 0.25) is 0 Å². The van der Waals surface area contributed by atoms with Gasteiger partial charge in [0.25, 0.3) is 6.43 Å². The Balaban J connectivity index is 2.95. The Morgan fingerprint density at radius 2 is 1.81 bits per heavy atom. The van der Waals surface area contributed by atoms with Gasteiger partial charge < -0.3 is 14.4 Å². The maximum Gasteiger partial charge on any atom is 0.434 e. The highest BCUT2D eigenvalue weighted by Gasteiger charge is 2.45. The second kappa shape index (κ2) is 7.65. The molecule has 0 radical (unpaired) electrons. The van der Waals surface area contributed by atoms with Crippen molar-refractivity contribution in [1.82, 2.24) is 4.98 Å². The average Bonchev–Trinajstić information content (AvgIpc) is 3.42. The number of methoxy groups -OCH3 is 1. The minimum absolute atomic E-state index is 0.257. The fraction of sp³-hybridized carbons (Fsp3) is 0.562. The summed E-state index contributed by atoms with van der Waals surface area (Å²) < 4.78 is 76.6. The van der Waals surface area contributed by atoms with E-state index < -0.39 is 52.7 Å². The van der Waals surface area contributed by atoms with Crippen LogP contribution in [0.2, 0.25) is 0 Å². The van der Waals surface area contributed by atoms with Crippen LogP contribution in [0.5, 0.6) is 0 Å². The van der Waals surface area contributed by atoms with Crippen LogP contribution in [0, 0.1) is 0 Å². The summed E-state index contributed by atoms with van der Waals surface area (Å²) in [7, 11) is 2.21. The number of ether oxygens (including phenoxy) is 2. The third-order valence-corrected chi connectivity index (χ3v) is 3.99. The van der Waals surface area contributed by atoms with Gasteiger partial charge in [0.1, 0.15) is 16.8 Å². The van der Waals surface area contributed by atoms with Crippen LogP contribution in [0.25, 0.3) is 0 Å². The normalized spacial score (nSPS) is 14.3. The zero-order valence-corrected chi connectivity index (χ0v) is 14.7. The number of hydrogen-bond acceptors (Lipinski definition) is 6. The molecule has 0 bridgehead atoms. The second-order valence-corrected chi connectivity index (χ2v) is 5.80. The topological polar surface area (TPSA) is 68.7 Å². The third-order valence-electron chi connectivity index (χ3n) is 3.99. The lowest BCUT2D eigenvalue weighted by molar-refractivity contribution is -0.142. The predicted molar refractivity (Wildman–Crippen MR) is 82.9 cm³/mol. The molecule has 1 heterocycles. The first-order chi connectivity index (χ1) is 12.5. The molecule has 1 aliphatic carbocycles. The molecule has 2 rings (SSSR count). The van der Waals surface area contributed by atoms with Crippen molar-refractivity contribution >= 4 is 17.6 Å². The summed E-state index contributed by atoms with van der Waals surface area (Å²) >= 11 is 0. The Labute approximate surface area is 151 Å². The van der Waals surface area contributed by atoms with Crippen molar-refractivity contribution in [2.24, 2.45) is 0 Å². The van der Waals surface area contributed by atoms with E-state index in [2.05, 4.69) is 14.5 Å². The average molecular weight is 396 g/mol. The Hall–Kier alpha value is -2.46. The summed E-state index contributed by atoms with van der Waals surface area (Å²) in [4.78, 5) is 28.6. The van der Waals surface area contributed by atoms with Gasteiger partial charge in [-0.2, -0.15) is 13.2 Å². The van der Waals surface area contributed by atoms with E-state index >= 15 is 0 Å². The number of esters is 2. The highest BCUT2D eigenvalue weighted by Crippen LogP contribution is 2.43. The number of pyridine rings is 1. The van der Waals surface area contributed by atoms with E-state index in [4.69, 9.17) is 0 Å². The standard InChI is InChI=1S/C16H17F5N2O4/c1-4-27-15(25)9-11(23(2)7-5-6-7)8(14(24)26-3)10(13(17)18)22-12(9)16(19,20)21/h7,13H,4-6H2,1-3H3. The van der Waals surface area contributed by atoms with Crippen LogP contribution in [-0.4, -0.2) is 43.7 Å². The molecule has 0 saturated heterocycles. The number of alkyl halides is 5. The quantitative estimate of drug-likeness (QED) is 0.541. The van der Waals surface area contributed by atoms with Crippen molar-refractivity contribution in [3.63, 3.8) is 0 Å². The molecule has 0 aromatic carbocycles. The summed E-state index contributed by atoms with van der Waals surface area (Å²) in [5.74, 6) is -2.73. The largest absolute Gasteiger partial charge is 0.465 e. The van der Waals surface area contributed by atoms with Crippen molar-refractivity contribution < 1.29 is 41.0 Å². The maximum atomic E-state index is 13.5. The van der Waals surface area contributed by atoms with Gasteiger partial charge in [-0.05, 0) is 19.8 Å². The lowest BCUT2D eigenvalue weighted by atomic mass is 10.0. The van der Waals surface area contributed by atoms with Crippen LogP contribution >= 0.6 is 0 Å². The van der Waals surface area contributed by atoms with E-state index in [1.807, 2.05) is 0 Å². The van der Waals surface area contributed by atoms with Crippen molar-refractivity contribution in [3.05, 3.63) is 22.5 Å². The zero-order valence-electron chi connectivity index (χ0n) is 14.7. The Morgan fingerprint density at radius 1 is 1.22 bits per heavy atom. The SMILES string of the molecule is CCOC(=O)c1c(C(F)(F)F)nc(C(F)F)c(C(=O)OC)c1N(C)C1CC1. The van der Waals surface area contributed by atoms with Crippen LogP contribution in [0.4, 0.5) is 27.6 Å². The van der Waals surface area contributed by atoms with E-state index in [-0.39, 0.29) is 12.6 Å². The van der Waals surface area contributed by atoms with Crippen molar-refractivity contribution in [1.29, 1.82) is 0 Å². The number of aromatic nitrogens is 1. The van der Waals surface area contributed by atoms with Crippen LogP contribution in [0.1, 0.15) is 58.3 Å². The number of anilines is 1. The van der Waals surface area contributed by atoms with Crippen LogP contribution in [-0.2, 0) is 15.7 Å². The lowest BCUT2D eigenvalue weighted by Gasteiger charge is -2.27. The monoisotopic (exact) mass is 396 g/mol. The van der Waals surface area contributed by atoms with E-state index in [1.165, 1.54) is 18.9 Å². The lowest BCUT2D eigenvalue weighted by Crippen LogP contribution is -2.30. The van der Waals surface area contributed by atoms with Gasteiger partial charge in [-0.1, -0.05) is 0 Å². The molecule has 0 N–H and O–H groups in total. The highest BCUT2D eigenvalue weighted by molar-refractivity contribution is 6.06. The van der Waals surface area contributed by atoms with Crippen molar-refractivity contribution in [2.45, 2.75) is 38.4 Å². The van der Waals surface area contributed by atoms with Gasteiger partial charge in [-0.3, -0.25) is 0 Å². The Kier molecular flexibility index (Phi) is 5.91. The first-order valence-electron chi connectivity index (χ1n) is 7.96. The van der Waals surface area contributed by atoms with Gasteiger partial charge in [0.15, 0.2) is 5.69 Å². The summed E-state index contributed by atoms with van der Waals surface area (Å²) in [6.45, 7) is 1.12. The molecule has 0 unspecified atom stereocenters. The predicted octanol–water partition coefficient (Wildman–Crippen LogP) is 3.60. The summed E-state index contributed by atoms with van der Waals surface area (Å²) in [6.07, 6.45) is -7.59. The van der Waals surface area contributed by atoms with Gasteiger partial charge >= 0.3 is 18.1 Å². The second-order valence-electron chi connectivity index (χ2n) is 5.80. The van der Waals surface area contributed by atoms with Crippen LogP contribution in [0.3, 0.4) is 0 Å². The number of rotatable bonds is 6. The van der Waals surface area contributed by atoms with Gasteiger partial charge in [-0.25, -0.2) is 23.4 Å². The summed E-state index contributed by atoms with van der Waals surface area (Å²) in [5.41, 5.74) is -5.79. The number of nitrogens with zero attached hydrogens (tertiary/aromatic N) is 2. The first-order valence-corrected chi connectivity index (χ1v) is 7.96. The number of halogens is 5. The minimum atomic E-state index is -5.22. The van der Waals surface area contributed by atoms with Crippen LogP contribution < -0.4 is 4.90 Å².